The number of hydrogen-bond donors (Lipinski definition) is 3. The minimum Gasteiger partial charge on any atom is -0.481 e. The molecule has 1 unspecified atom stereocenters. The quantitative estimate of drug-likeness (QED) is 0.699. The molecule has 5 nitrogen and oxygen atoms in total. The fourth-order valence-corrected chi connectivity index (χ4v) is 1.90. The summed E-state index contributed by atoms with van der Waals surface area (Å²) in [6, 6.07) is 4.19. The highest BCUT2D eigenvalue weighted by atomic mass is 35.5. The molecule has 1 aromatic rings. The monoisotopic (exact) mass is 284 g/mol. The van der Waals surface area contributed by atoms with Crippen LogP contribution in [-0.2, 0) is 4.79 Å². The van der Waals surface area contributed by atoms with Crippen LogP contribution in [0, 0.1) is 0 Å². The Bertz CT molecular complexity index is 477. The van der Waals surface area contributed by atoms with Crippen LogP contribution in [0.3, 0.4) is 0 Å². The van der Waals surface area contributed by atoms with Crippen molar-refractivity contribution in [3.63, 3.8) is 0 Å². The predicted molar refractivity (Wildman–Crippen MR) is 74.3 cm³/mol. The van der Waals surface area contributed by atoms with Crippen LogP contribution in [0.25, 0.3) is 0 Å². The fourth-order valence-electron chi connectivity index (χ4n) is 1.72. The van der Waals surface area contributed by atoms with E-state index in [4.69, 9.17) is 22.4 Å². The van der Waals surface area contributed by atoms with Crippen LogP contribution >= 0.6 is 11.6 Å². The van der Waals surface area contributed by atoms with Crippen LogP contribution in [0.4, 0.5) is 5.69 Å². The number of amides is 1. The summed E-state index contributed by atoms with van der Waals surface area (Å²) < 4.78 is 0. The summed E-state index contributed by atoms with van der Waals surface area (Å²) in [7, 11) is 0. The van der Waals surface area contributed by atoms with Crippen molar-refractivity contribution < 1.29 is 14.7 Å². The van der Waals surface area contributed by atoms with Gasteiger partial charge in [-0.3, -0.25) is 9.59 Å². The normalized spacial score (nSPS) is 11.9. The van der Waals surface area contributed by atoms with Gasteiger partial charge < -0.3 is 16.2 Å². The third kappa shape index (κ3) is 4.79. The third-order valence-electron chi connectivity index (χ3n) is 2.66. The number of hydrogen-bond acceptors (Lipinski definition) is 3. The van der Waals surface area contributed by atoms with E-state index in [9.17, 15) is 9.59 Å². The Labute approximate surface area is 116 Å². The van der Waals surface area contributed by atoms with Gasteiger partial charge in [-0.2, -0.15) is 0 Å². The van der Waals surface area contributed by atoms with Crippen molar-refractivity contribution in [3.8, 4) is 0 Å². The number of anilines is 1. The first-order valence-electron chi connectivity index (χ1n) is 6.01. The van der Waals surface area contributed by atoms with Crippen LogP contribution < -0.4 is 11.1 Å². The minimum atomic E-state index is -0.936. The number of halogens is 1. The van der Waals surface area contributed by atoms with E-state index < -0.39 is 5.97 Å². The summed E-state index contributed by atoms with van der Waals surface area (Å²) >= 11 is 5.84. The molecule has 0 heterocycles. The predicted octanol–water partition coefficient (Wildman–Crippen LogP) is 2.30. The summed E-state index contributed by atoms with van der Waals surface area (Å²) in [6.45, 7) is 1.93. The average Bonchev–Trinajstić information content (AvgIpc) is 2.32. The summed E-state index contributed by atoms with van der Waals surface area (Å²) in [4.78, 5) is 22.7. The molecule has 0 aliphatic rings. The van der Waals surface area contributed by atoms with E-state index in [0.717, 1.165) is 6.42 Å². The van der Waals surface area contributed by atoms with Crippen LogP contribution in [0.2, 0.25) is 5.02 Å². The molecule has 1 rings (SSSR count). The van der Waals surface area contributed by atoms with Gasteiger partial charge in [-0.25, -0.2) is 0 Å². The molecule has 1 atom stereocenters. The Morgan fingerprint density at radius 3 is 2.68 bits per heavy atom. The number of aliphatic carboxylic acids is 1. The maximum absolute atomic E-state index is 12.0. The highest BCUT2D eigenvalue weighted by Gasteiger charge is 2.16. The molecule has 0 fully saturated rings. The van der Waals surface area contributed by atoms with Crippen molar-refractivity contribution in [2.24, 2.45) is 0 Å². The fraction of sp³-hybridized carbons (Fsp3) is 0.385. The molecule has 104 valence electrons. The summed E-state index contributed by atoms with van der Waals surface area (Å²) in [5.41, 5.74) is 6.33. The molecular formula is C13H17ClN2O3. The molecule has 0 radical (unpaired) electrons. The number of nitrogens with two attached hydrogens (primary N) is 1. The van der Waals surface area contributed by atoms with Crippen molar-refractivity contribution in [3.05, 3.63) is 28.8 Å². The maximum Gasteiger partial charge on any atom is 0.305 e. The van der Waals surface area contributed by atoms with Crippen molar-refractivity contribution in [1.29, 1.82) is 0 Å². The van der Waals surface area contributed by atoms with Crippen LogP contribution in [-0.4, -0.2) is 23.0 Å². The number of carboxylic acids is 1. The number of nitrogen functional groups attached to an aromatic ring is 1. The lowest BCUT2D eigenvalue weighted by molar-refractivity contribution is -0.137. The average molecular weight is 285 g/mol. The van der Waals surface area contributed by atoms with E-state index in [1.807, 2.05) is 6.92 Å². The SMILES string of the molecule is CCCC(CC(=O)O)NC(=O)c1ccc(N)c(Cl)c1. The van der Waals surface area contributed by atoms with Crippen molar-refractivity contribution in [2.45, 2.75) is 32.2 Å². The van der Waals surface area contributed by atoms with E-state index in [1.165, 1.54) is 6.07 Å². The zero-order valence-electron chi connectivity index (χ0n) is 10.6. The summed E-state index contributed by atoms with van der Waals surface area (Å²) in [6.07, 6.45) is 1.31. The van der Waals surface area contributed by atoms with Crippen LogP contribution in [0.15, 0.2) is 18.2 Å². The third-order valence-corrected chi connectivity index (χ3v) is 2.98. The number of carboxylic acid groups (broad SMARTS) is 1. The van der Waals surface area contributed by atoms with Gasteiger partial charge in [0, 0.05) is 11.6 Å². The minimum absolute atomic E-state index is 0.0950. The summed E-state index contributed by atoms with van der Waals surface area (Å²) in [5.74, 6) is -1.28. The first kappa shape index (κ1) is 15.3. The molecule has 19 heavy (non-hydrogen) atoms. The Balaban J connectivity index is 2.75. The lowest BCUT2D eigenvalue weighted by Gasteiger charge is -2.16. The Kier molecular flexibility index (Phi) is 5.63. The van der Waals surface area contributed by atoms with E-state index in [-0.39, 0.29) is 18.4 Å². The Morgan fingerprint density at radius 1 is 1.47 bits per heavy atom. The van der Waals surface area contributed by atoms with Gasteiger partial charge in [0.1, 0.15) is 0 Å². The number of nitrogens with one attached hydrogen (secondary N) is 1. The molecule has 0 aliphatic heterocycles. The molecule has 1 amide bonds. The molecule has 4 N–H and O–H groups in total. The second-order valence-electron chi connectivity index (χ2n) is 4.29. The van der Waals surface area contributed by atoms with Gasteiger partial charge in [-0.15, -0.1) is 0 Å². The van der Waals surface area contributed by atoms with Crippen LogP contribution in [0.5, 0.6) is 0 Å². The topological polar surface area (TPSA) is 92.4 Å². The van der Waals surface area contributed by atoms with Gasteiger partial charge >= 0.3 is 5.97 Å². The van der Waals surface area contributed by atoms with E-state index in [2.05, 4.69) is 5.32 Å². The number of benzene rings is 1. The number of rotatable bonds is 6. The largest absolute Gasteiger partial charge is 0.481 e. The van der Waals surface area contributed by atoms with Gasteiger partial charge in [0.25, 0.3) is 5.91 Å². The molecule has 0 aromatic heterocycles. The first-order chi connectivity index (χ1) is 8.93. The molecule has 1 aromatic carbocycles. The van der Waals surface area contributed by atoms with Gasteiger partial charge in [0.05, 0.1) is 17.1 Å². The highest BCUT2D eigenvalue weighted by molar-refractivity contribution is 6.33. The molecule has 6 heteroatoms. The molecule has 0 saturated heterocycles. The second-order valence-corrected chi connectivity index (χ2v) is 4.70. The zero-order chi connectivity index (χ0) is 14.4. The van der Waals surface area contributed by atoms with Crippen molar-refractivity contribution in [2.75, 3.05) is 5.73 Å². The smallest absolute Gasteiger partial charge is 0.305 e. The van der Waals surface area contributed by atoms with Gasteiger partial charge in [0.2, 0.25) is 0 Å². The van der Waals surface area contributed by atoms with E-state index in [1.54, 1.807) is 12.1 Å². The molecule has 0 spiro atoms. The highest BCUT2D eigenvalue weighted by Crippen LogP contribution is 2.19. The van der Waals surface area contributed by atoms with Gasteiger partial charge in [0.15, 0.2) is 0 Å². The van der Waals surface area contributed by atoms with Gasteiger partial charge in [-0.1, -0.05) is 24.9 Å². The molecule has 0 aliphatic carbocycles. The maximum atomic E-state index is 12.0. The lowest BCUT2D eigenvalue weighted by atomic mass is 10.1. The summed E-state index contributed by atoms with van der Waals surface area (Å²) in [5, 5.41) is 11.8. The standard InChI is InChI=1S/C13H17ClN2O3/c1-2-3-9(7-12(17)18)16-13(19)8-4-5-11(15)10(14)6-8/h4-6,9H,2-3,7,15H2,1H3,(H,16,19)(H,17,18). The molecule has 0 saturated carbocycles. The van der Waals surface area contributed by atoms with E-state index >= 15 is 0 Å². The first-order valence-corrected chi connectivity index (χ1v) is 6.39. The number of carbonyl (C=O) groups excluding carboxylic acids is 1. The van der Waals surface area contributed by atoms with Gasteiger partial charge in [-0.05, 0) is 24.6 Å². The molecular weight excluding hydrogens is 268 g/mol. The zero-order valence-corrected chi connectivity index (χ0v) is 11.4. The number of carbonyl (C=O) groups is 2. The van der Waals surface area contributed by atoms with Crippen molar-refractivity contribution >= 4 is 29.2 Å². The molecule has 0 bridgehead atoms. The van der Waals surface area contributed by atoms with Crippen molar-refractivity contribution in [1.82, 2.24) is 5.32 Å². The second kappa shape index (κ2) is 6.99. The Hall–Kier alpha value is -1.75. The van der Waals surface area contributed by atoms with Crippen LogP contribution in [0.1, 0.15) is 36.5 Å². The lowest BCUT2D eigenvalue weighted by Crippen LogP contribution is -2.36. The Morgan fingerprint density at radius 2 is 2.16 bits per heavy atom. The van der Waals surface area contributed by atoms with E-state index in [0.29, 0.717) is 22.7 Å².